The fraction of sp³-hybridized carbons (Fsp3) is 0.636. The maximum atomic E-state index is 12.3. The maximum Gasteiger partial charge on any atom is 0.252 e. The first kappa shape index (κ1) is 12.9. The van der Waals surface area contributed by atoms with Gasteiger partial charge in [-0.25, -0.2) is 8.42 Å². The van der Waals surface area contributed by atoms with Crippen LogP contribution >= 0.6 is 11.3 Å². The molecule has 0 spiro atoms. The number of hydrogen-bond donors (Lipinski definition) is 1. The Labute approximate surface area is 106 Å². The van der Waals surface area contributed by atoms with Crippen LogP contribution in [0.4, 0.5) is 5.69 Å². The molecule has 1 aliphatic rings. The summed E-state index contributed by atoms with van der Waals surface area (Å²) in [5.41, 5.74) is 6.10. The van der Waals surface area contributed by atoms with Crippen molar-refractivity contribution in [2.24, 2.45) is 5.92 Å². The summed E-state index contributed by atoms with van der Waals surface area (Å²) >= 11 is 1.20. The molecular formula is C11H18N2O2S2. The summed E-state index contributed by atoms with van der Waals surface area (Å²) in [5, 5.41) is 1.67. The zero-order chi connectivity index (χ0) is 12.5. The summed E-state index contributed by atoms with van der Waals surface area (Å²) in [6.45, 7) is 3.06. The standard InChI is InChI=1S/C11H18N2O2S2/c1-2-13(7-9-4-3-5-9)17(14,15)11-6-10(12)8-16-11/h6,8-9H,2-5,7,12H2,1H3. The minimum Gasteiger partial charge on any atom is -0.398 e. The normalized spacial score (nSPS) is 17.3. The maximum absolute atomic E-state index is 12.3. The van der Waals surface area contributed by atoms with Crippen LogP contribution < -0.4 is 5.73 Å². The lowest BCUT2D eigenvalue weighted by Crippen LogP contribution is -2.36. The van der Waals surface area contributed by atoms with E-state index in [4.69, 9.17) is 5.73 Å². The van der Waals surface area contributed by atoms with E-state index in [1.54, 1.807) is 15.8 Å². The molecule has 0 unspecified atom stereocenters. The van der Waals surface area contributed by atoms with Gasteiger partial charge in [-0.2, -0.15) is 4.31 Å². The van der Waals surface area contributed by atoms with Gasteiger partial charge in [-0.1, -0.05) is 13.3 Å². The summed E-state index contributed by atoms with van der Waals surface area (Å²) in [5.74, 6) is 0.544. The first-order valence-corrected chi connectivity index (χ1v) is 8.20. The Kier molecular flexibility index (Phi) is 3.75. The molecule has 2 rings (SSSR count). The molecule has 1 aromatic heterocycles. The van der Waals surface area contributed by atoms with Gasteiger partial charge in [0.2, 0.25) is 0 Å². The van der Waals surface area contributed by atoms with Crippen molar-refractivity contribution in [3.05, 3.63) is 11.4 Å². The van der Waals surface area contributed by atoms with Crippen molar-refractivity contribution in [2.75, 3.05) is 18.8 Å². The van der Waals surface area contributed by atoms with Gasteiger partial charge in [0.1, 0.15) is 4.21 Å². The van der Waals surface area contributed by atoms with Gasteiger partial charge < -0.3 is 5.73 Å². The van der Waals surface area contributed by atoms with E-state index < -0.39 is 10.0 Å². The highest BCUT2D eigenvalue weighted by Gasteiger charge is 2.29. The quantitative estimate of drug-likeness (QED) is 0.894. The van der Waals surface area contributed by atoms with Crippen molar-refractivity contribution < 1.29 is 8.42 Å². The Bertz CT molecular complexity index is 477. The zero-order valence-corrected chi connectivity index (χ0v) is 11.6. The molecule has 1 aliphatic carbocycles. The van der Waals surface area contributed by atoms with Crippen LogP contribution in [0.1, 0.15) is 26.2 Å². The smallest absolute Gasteiger partial charge is 0.252 e. The average molecular weight is 274 g/mol. The van der Waals surface area contributed by atoms with Gasteiger partial charge in [0.15, 0.2) is 0 Å². The van der Waals surface area contributed by atoms with Crippen LogP contribution in [-0.4, -0.2) is 25.8 Å². The van der Waals surface area contributed by atoms with Crippen LogP contribution in [0.2, 0.25) is 0 Å². The predicted octanol–water partition coefficient (Wildman–Crippen LogP) is 2.14. The highest BCUT2D eigenvalue weighted by molar-refractivity contribution is 7.91. The van der Waals surface area contributed by atoms with E-state index >= 15 is 0 Å². The van der Waals surface area contributed by atoms with E-state index in [0.29, 0.717) is 28.9 Å². The molecule has 1 aromatic rings. The number of nitrogens with two attached hydrogens (primary N) is 1. The fourth-order valence-electron chi connectivity index (χ4n) is 1.95. The number of nitrogen functional groups attached to an aromatic ring is 1. The molecule has 0 atom stereocenters. The molecule has 0 aromatic carbocycles. The van der Waals surface area contributed by atoms with Crippen LogP contribution in [0.5, 0.6) is 0 Å². The fourth-order valence-corrected chi connectivity index (χ4v) is 4.71. The van der Waals surface area contributed by atoms with Crippen molar-refractivity contribution in [3.63, 3.8) is 0 Å². The number of nitrogens with zero attached hydrogens (tertiary/aromatic N) is 1. The van der Waals surface area contributed by atoms with Crippen LogP contribution in [0.25, 0.3) is 0 Å². The number of hydrogen-bond acceptors (Lipinski definition) is 4. The lowest BCUT2D eigenvalue weighted by atomic mass is 9.85. The van der Waals surface area contributed by atoms with Crippen molar-refractivity contribution in [1.29, 1.82) is 0 Å². The van der Waals surface area contributed by atoms with Crippen LogP contribution in [-0.2, 0) is 10.0 Å². The van der Waals surface area contributed by atoms with Crippen molar-refractivity contribution in [3.8, 4) is 0 Å². The van der Waals surface area contributed by atoms with E-state index in [9.17, 15) is 8.42 Å². The Morgan fingerprint density at radius 1 is 1.53 bits per heavy atom. The minimum atomic E-state index is -3.33. The van der Waals surface area contributed by atoms with E-state index in [1.165, 1.54) is 17.8 Å². The van der Waals surface area contributed by atoms with Gasteiger partial charge in [-0.3, -0.25) is 0 Å². The zero-order valence-electron chi connectivity index (χ0n) is 9.93. The summed E-state index contributed by atoms with van der Waals surface area (Å²) in [7, 11) is -3.33. The molecule has 17 heavy (non-hydrogen) atoms. The van der Waals surface area contributed by atoms with Gasteiger partial charge in [0.25, 0.3) is 10.0 Å². The summed E-state index contributed by atoms with van der Waals surface area (Å²) in [4.78, 5) is 0. The molecule has 0 radical (unpaired) electrons. The van der Waals surface area contributed by atoms with E-state index in [2.05, 4.69) is 0 Å². The number of rotatable bonds is 5. The lowest BCUT2D eigenvalue weighted by molar-refractivity contribution is 0.250. The summed E-state index contributed by atoms with van der Waals surface area (Å²) in [6.07, 6.45) is 3.53. The largest absolute Gasteiger partial charge is 0.398 e. The Hall–Kier alpha value is -0.590. The highest BCUT2D eigenvalue weighted by Crippen LogP contribution is 2.30. The van der Waals surface area contributed by atoms with Gasteiger partial charge in [-0.15, -0.1) is 11.3 Å². The molecule has 2 N–H and O–H groups in total. The number of anilines is 1. The minimum absolute atomic E-state index is 0.358. The van der Waals surface area contributed by atoms with Crippen molar-refractivity contribution in [2.45, 2.75) is 30.4 Å². The second kappa shape index (κ2) is 4.96. The van der Waals surface area contributed by atoms with Crippen molar-refractivity contribution >= 4 is 27.0 Å². The van der Waals surface area contributed by atoms with E-state index in [-0.39, 0.29) is 0 Å². The topological polar surface area (TPSA) is 63.4 Å². The van der Waals surface area contributed by atoms with Crippen molar-refractivity contribution in [1.82, 2.24) is 4.31 Å². The first-order chi connectivity index (χ1) is 8.04. The van der Waals surface area contributed by atoms with Gasteiger partial charge in [0.05, 0.1) is 0 Å². The third kappa shape index (κ3) is 2.64. The molecule has 0 saturated heterocycles. The number of thiophene rings is 1. The average Bonchev–Trinajstić information content (AvgIpc) is 2.63. The molecular weight excluding hydrogens is 256 g/mol. The van der Waals surface area contributed by atoms with Gasteiger partial charge in [-0.05, 0) is 24.8 Å². The second-order valence-corrected chi connectivity index (χ2v) is 7.53. The molecule has 1 fully saturated rings. The SMILES string of the molecule is CCN(CC1CCC1)S(=O)(=O)c1cc(N)cs1. The molecule has 0 amide bonds. The lowest BCUT2D eigenvalue weighted by Gasteiger charge is -2.30. The van der Waals surface area contributed by atoms with Crippen LogP contribution in [0.15, 0.2) is 15.7 Å². The molecule has 1 heterocycles. The Morgan fingerprint density at radius 2 is 2.24 bits per heavy atom. The third-order valence-electron chi connectivity index (χ3n) is 3.23. The molecule has 1 saturated carbocycles. The van der Waals surface area contributed by atoms with Gasteiger partial charge in [0, 0.05) is 24.2 Å². The Balaban J connectivity index is 2.16. The van der Waals surface area contributed by atoms with E-state index in [1.807, 2.05) is 6.92 Å². The van der Waals surface area contributed by atoms with Gasteiger partial charge >= 0.3 is 0 Å². The summed E-state index contributed by atoms with van der Waals surface area (Å²) < 4.78 is 26.6. The Morgan fingerprint density at radius 3 is 2.65 bits per heavy atom. The molecule has 4 nitrogen and oxygen atoms in total. The van der Waals surface area contributed by atoms with E-state index in [0.717, 1.165) is 12.8 Å². The van der Waals surface area contributed by atoms with Crippen LogP contribution in [0, 0.1) is 5.92 Å². The second-order valence-electron chi connectivity index (χ2n) is 4.45. The molecule has 6 heteroatoms. The summed E-state index contributed by atoms with van der Waals surface area (Å²) in [6, 6.07) is 1.55. The molecule has 96 valence electrons. The third-order valence-corrected chi connectivity index (χ3v) is 6.60. The molecule has 0 aliphatic heterocycles. The number of sulfonamides is 1. The highest BCUT2D eigenvalue weighted by atomic mass is 32.2. The van der Waals surface area contributed by atoms with Crippen LogP contribution in [0.3, 0.4) is 0 Å². The monoisotopic (exact) mass is 274 g/mol. The molecule has 0 bridgehead atoms. The predicted molar refractivity (Wildman–Crippen MR) is 70.5 cm³/mol. The first-order valence-electron chi connectivity index (χ1n) is 5.88.